The molecular formula is C14H24N2S. The Labute approximate surface area is 109 Å². The summed E-state index contributed by atoms with van der Waals surface area (Å²) in [5.41, 5.74) is 1.25. The van der Waals surface area contributed by atoms with Crippen LogP contribution in [0.1, 0.15) is 31.2 Å². The van der Waals surface area contributed by atoms with Crippen LogP contribution in [0.2, 0.25) is 0 Å². The third-order valence-electron chi connectivity index (χ3n) is 2.89. The molecule has 0 aliphatic heterocycles. The van der Waals surface area contributed by atoms with Crippen molar-refractivity contribution in [2.24, 2.45) is 0 Å². The van der Waals surface area contributed by atoms with Crippen LogP contribution >= 0.6 is 11.3 Å². The van der Waals surface area contributed by atoms with Crippen LogP contribution in [0.5, 0.6) is 0 Å². The largest absolute Gasteiger partial charge is 0.313 e. The zero-order valence-electron chi connectivity index (χ0n) is 11.2. The van der Waals surface area contributed by atoms with Crippen molar-refractivity contribution in [1.82, 2.24) is 10.2 Å². The van der Waals surface area contributed by atoms with Crippen LogP contribution in [0.3, 0.4) is 0 Å². The van der Waals surface area contributed by atoms with Crippen LogP contribution in [0.4, 0.5) is 0 Å². The maximum Gasteiger partial charge on any atom is 0.0413 e. The lowest BCUT2D eigenvalue weighted by Gasteiger charge is -2.24. The lowest BCUT2D eigenvalue weighted by molar-refractivity contribution is 0.285. The molecule has 0 radical (unpaired) electrons. The lowest BCUT2D eigenvalue weighted by atomic mass is 10.2. The molecule has 1 N–H and O–H groups in total. The molecule has 0 spiro atoms. The fourth-order valence-electron chi connectivity index (χ4n) is 1.73. The highest BCUT2D eigenvalue weighted by Gasteiger charge is 2.12. The summed E-state index contributed by atoms with van der Waals surface area (Å²) in [5, 5.41) is 5.53. The Morgan fingerprint density at radius 3 is 2.94 bits per heavy atom. The Hall–Kier alpha value is -0.640. The van der Waals surface area contributed by atoms with Crippen molar-refractivity contribution in [2.45, 2.75) is 26.3 Å². The van der Waals surface area contributed by atoms with Gasteiger partial charge in [0.25, 0.3) is 0 Å². The van der Waals surface area contributed by atoms with E-state index in [-0.39, 0.29) is 0 Å². The number of nitrogens with one attached hydrogen (secondary N) is 1. The first-order valence-electron chi connectivity index (χ1n) is 6.26. The first kappa shape index (κ1) is 14.4. The molecule has 0 aliphatic carbocycles. The Morgan fingerprint density at radius 1 is 1.59 bits per heavy atom. The highest BCUT2D eigenvalue weighted by molar-refractivity contribution is 7.10. The van der Waals surface area contributed by atoms with E-state index in [2.05, 4.69) is 55.2 Å². The highest BCUT2D eigenvalue weighted by atomic mass is 32.1. The molecular weight excluding hydrogens is 228 g/mol. The number of nitrogens with zero attached hydrogens (tertiary/aromatic N) is 1. The average molecular weight is 252 g/mol. The second kappa shape index (κ2) is 7.64. The van der Waals surface area contributed by atoms with Crippen LogP contribution in [0.25, 0.3) is 0 Å². The van der Waals surface area contributed by atoms with Crippen molar-refractivity contribution < 1.29 is 0 Å². The lowest BCUT2D eigenvalue weighted by Crippen LogP contribution is -2.28. The summed E-state index contributed by atoms with van der Waals surface area (Å²) in [7, 11) is 2.16. The van der Waals surface area contributed by atoms with Gasteiger partial charge >= 0.3 is 0 Å². The fourth-order valence-corrected chi connectivity index (χ4v) is 2.58. The molecule has 1 heterocycles. The van der Waals surface area contributed by atoms with E-state index < -0.39 is 0 Å². The molecule has 1 rings (SSSR count). The predicted octanol–water partition coefficient (Wildman–Crippen LogP) is 3.30. The van der Waals surface area contributed by atoms with E-state index >= 15 is 0 Å². The molecule has 1 unspecified atom stereocenters. The summed E-state index contributed by atoms with van der Waals surface area (Å²) in [6.45, 7) is 11.5. The number of thiophene rings is 1. The molecule has 3 heteroatoms. The molecule has 0 saturated heterocycles. The number of rotatable bonds is 8. The number of likely N-dealkylation sites (N-methyl/N-ethyl adjacent to an activating group) is 1. The monoisotopic (exact) mass is 252 g/mol. The van der Waals surface area contributed by atoms with Gasteiger partial charge in [0.15, 0.2) is 0 Å². The molecule has 1 aromatic heterocycles. The van der Waals surface area contributed by atoms with Gasteiger partial charge in [-0.3, -0.25) is 4.90 Å². The van der Waals surface area contributed by atoms with Crippen molar-refractivity contribution in [3.05, 3.63) is 34.5 Å². The SMILES string of the molecule is C=C(CNCCC)CN(C)C(C)c1cccs1. The van der Waals surface area contributed by atoms with Crippen molar-refractivity contribution in [3.8, 4) is 0 Å². The Balaban J connectivity index is 2.33. The van der Waals surface area contributed by atoms with E-state index in [1.807, 2.05) is 11.3 Å². The third kappa shape index (κ3) is 5.02. The van der Waals surface area contributed by atoms with E-state index in [0.717, 1.165) is 19.6 Å². The van der Waals surface area contributed by atoms with Crippen LogP contribution < -0.4 is 5.32 Å². The quantitative estimate of drug-likeness (QED) is 0.564. The zero-order chi connectivity index (χ0) is 12.7. The summed E-state index contributed by atoms with van der Waals surface area (Å²) in [5.74, 6) is 0. The van der Waals surface area contributed by atoms with Crippen molar-refractivity contribution in [3.63, 3.8) is 0 Å². The van der Waals surface area contributed by atoms with Crippen LogP contribution in [-0.2, 0) is 0 Å². The molecule has 0 bridgehead atoms. The van der Waals surface area contributed by atoms with Gasteiger partial charge in [-0.15, -0.1) is 11.3 Å². The van der Waals surface area contributed by atoms with Crippen LogP contribution in [0.15, 0.2) is 29.7 Å². The summed E-state index contributed by atoms with van der Waals surface area (Å²) in [6.07, 6.45) is 1.18. The maximum atomic E-state index is 4.13. The normalized spacial score (nSPS) is 12.9. The Morgan fingerprint density at radius 2 is 2.35 bits per heavy atom. The molecule has 0 saturated carbocycles. The maximum absolute atomic E-state index is 4.13. The highest BCUT2D eigenvalue weighted by Crippen LogP contribution is 2.23. The summed E-state index contributed by atoms with van der Waals surface area (Å²) in [6, 6.07) is 4.78. The minimum absolute atomic E-state index is 0.470. The van der Waals surface area contributed by atoms with Gasteiger partial charge < -0.3 is 5.32 Å². The molecule has 96 valence electrons. The summed E-state index contributed by atoms with van der Waals surface area (Å²) < 4.78 is 0. The van der Waals surface area contributed by atoms with Gasteiger partial charge in [0.2, 0.25) is 0 Å². The van der Waals surface area contributed by atoms with E-state index in [0.29, 0.717) is 6.04 Å². The Kier molecular flexibility index (Phi) is 6.48. The van der Waals surface area contributed by atoms with Gasteiger partial charge in [0.1, 0.15) is 0 Å². The molecule has 2 nitrogen and oxygen atoms in total. The third-order valence-corrected chi connectivity index (χ3v) is 3.93. The second-order valence-electron chi connectivity index (χ2n) is 4.53. The van der Waals surface area contributed by atoms with E-state index in [9.17, 15) is 0 Å². The van der Waals surface area contributed by atoms with Gasteiger partial charge in [0.05, 0.1) is 0 Å². The Bertz CT molecular complexity index is 319. The number of hydrogen-bond donors (Lipinski definition) is 1. The van der Waals surface area contributed by atoms with Crippen LogP contribution in [0, 0.1) is 0 Å². The van der Waals surface area contributed by atoms with Gasteiger partial charge in [-0.1, -0.05) is 19.6 Å². The first-order valence-corrected chi connectivity index (χ1v) is 7.14. The molecule has 1 aromatic rings. The van der Waals surface area contributed by atoms with Gasteiger partial charge in [-0.05, 0) is 44.0 Å². The number of hydrogen-bond acceptors (Lipinski definition) is 3. The summed E-state index contributed by atoms with van der Waals surface area (Å²) in [4.78, 5) is 3.77. The molecule has 1 atom stereocenters. The van der Waals surface area contributed by atoms with Crippen molar-refractivity contribution >= 4 is 11.3 Å². The molecule has 0 amide bonds. The van der Waals surface area contributed by atoms with E-state index in [1.165, 1.54) is 16.9 Å². The second-order valence-corrected chi connectivity index (χ2v) is 5.51. The van der Waals surface area contributed by atoms with Gasteiger partial charge in [-0.2, -0.15) is 0 Å². The first-order chi connectivity index (χ1) is 8.15. The minimum Gasteiger partial charge on any atom is -0.313 e. The summed E-state index contributed by atoms with van der Waals surface area (Å²) >= 11 is 1.82. The van der Waals surface area contributed by atoms with E-state index in [4.69, 9.17) is 0 Å². The topological polar surface area (TPSA) is 15.3 Å². The van der Waals surface area contributed by atoms with Crippen LogP contribution in [-0.4, -0.2) is 31.6 Å². The smallest absolute Gasteiger partial charge is 0.0413 e. The predicted molar refractivity (Wildman–Crippen MR) is 77.7 cm³/mol. The van der Waals surface area contributed by atoms with Gasteiger partial charge in [-0.25, -0.2) is 0 Å². The average Bonchev–Trinajstić information content (AvgIpc) is 2.81. The van der Waals surface area contributed by atoms with Crippen molar-refractivity contribution in [1.29, 1.82) is 0 Å². The van der Waals surface area contributed by atoms with E-state index in [1.54, 1.807) is 0 Å². The molecule has 17 heavy (non-hydrogen) atoms. The minimum atomic E-state index is 0.470. The molecule has 0 aliphatic rings. The van der Waals surface area contributed by atoms with Gasteiger partial charge in [0, 0.05) is 24.0 Å². The molecule has 0 aromatic carbocycles. The van der Waals surface area contributed by atoms with Crippen molar-refractivity contribution in [2.75, 3.05) is 26.7 Å². The molecule has 0 fully saturated rings. The zero-order valence-corrected chi connectivity index (χ0v) is 12.0. The fraction of sp³-hybridized carbons (Fsp3) is 0.571. The standard InChI is InChI=1S/C14H24N2S/c1-5-8-15-10-12(2)11-16(4)13(3)14-7-6-9-17-14/h6-7,9,13,15H,2,5,8,10-11H2,1,3-4H3.